The lowest BCUT2D eigenvalue weighted by atomic mass is 10.2. The molecule has 2 rings (SSSR count). The molecule has 0 bridgehead atoms. The molecule has 0 unspecified atom stereocenters. The summed E-state index contributed by atoms with van der Waals surface area (Å²) in [5.41, 5.74) is 3.18. The molecule has 5 heteroatoms. The normalized spacial score (nSPS) is 18.3. The van der Waals surface area contributed by atoms with Crippen LogP contribution in [0.15, 0.2) is 11.0 Å². The van der Waals surface area contributed by atoms with E-state index >= 15 is 0 Å². The molecule has 84 valence electrons. The van der Waals surface area contributed by atoms with Crippen LogP contribution in [0.2, 0.25) is 0 Å². The standard InChI is InChI=1S/C11H12N2O2S/c1-6-4-8(7(2)13(6)3)5-9-10(14)12-11(15)16-9/h4-5H,1-3H3,(H,12,14,15)/b9-5-. The quantitative estimate of drug-likeness (QED) is 0.758. The number of amides is 2. The van der Waals surface area contributed by atoms with E-state index in [0.29, 0.717) is 4.91 Å². The van der Waals surface area contributed by atoms with Gasteiger partial charge in [0.25, 0.3) is 11.1 Å². The summed E-state index contributed by atoms with van der Waals surface area (Å²) in [4.78, 5) is 22.8. The molecule has 1 N–H and O–H groups in total. The van der Waals surface area contributed by atoms with Crippen LogP contribution in [0.5, 0.6) is 0 Å². The molecular formula is C11H12N2O2S. The molecule has 16 heavy (non-hydrogen) atoms. The molecule has 1 aromatic rings. The van der Waals surface area contributed by atoms with Crippen LogP contribution < -0.4 is 5.32 Å². The van der Waals surface area contributed by atoms with Gasteiger partial charge < -0.3 is 4.57 Å². The van der Waals surface area contributed by atoms with Crippen LogP contribution in [0.4, 0.5) is 4.79 Å². The van der Waals surface area contributed by atoms with Crippen molar-refractivity contribution in [3.63, 3.8) is 0 Å². The number of carbonyl (C=O) groups is 2. The smallest absolute Gasteiger partial charge is 0.290 e. The van der Waals surface area contributed by atoms with E-state index in [0.717, 1.165) is 28.7 Å². The van der Waals surface area contributed by atoms with Crippen molar-refractivity contribution in [1.29, 1.82) is 0 Å². The number of nitrogens with zero attached hydrogens (tertiary/aromatic N) is 1. The Labute approximate surface area is 97.7 Å². The highest BCUT2D eigenvalue weighted by Crippen LogP contribution is 2.27. The van der Waals surface area contributed by atoms with Crippen molar-refractivity contribution >= 4 is 29.0 Å². The SMILES string of the molecule is Cc1cc(/C=C2\SC(=O)NC2=O)c(C)n1C. The van der Waals surface area contributed by atoms with E-state index in [4.69, 9.17) is 0 Å². The van der Waals surface area contributed by atoms with Gasteiger partial charge in [0.2, 0.25) is 0 Å². The molecule has 1 fully saturated rings. The van der Waals surface area contributed by atoms with Gasteiger partial charge in [-0.2, -0.15) is 0 Å². The number of hydrogen-bond acceptors (Lipinski definition) is 3. The van der Waals surface area contributed by atoms with E-state index in [2.05, 4.69) is 5.32 Å². The first-order valence-electron chi connectivity index (χ1n) is 4.87. The summed E-state index contributed by atoms with van der Waals surface area (Å²) in [5, 5.41) is 1.93. The number of aryl methyl sites for hydroxylation is 1. The molecule has 0 atom stereocenters. The maximum Gasteiger partial charge on any atom is 0.290 e. The number of thioether (sulfide) groups is 1. The van der Waals surface area contributed by atoms with Gasteiger partial charge in [0.05, 0.1) is 4.91 Å². The molecule has 1 aliphatic heterocycles. The van der Waals surface area contributed by atoms with Crippen LogP contribution in [0.1, 0.15) is 17.0 Å². The molecule has 0 saturated carbocycles. The Bertz CT molecular complexity index is 514. The molecule has 0 aromatic carbocycles. The monoisotopic (exact) mass is 236 g/mol. The Kier molecular flexibility index (Phi) is 2.63. The van der Waals surface area contributed by atoms with E-state index in [1.165, 1.54) is 0 Å². The van der Waals surface area contributed by atoms with Crippen LogP contribution in [0.3, 0.4) is 0 Å². The van der Waals surface area contributed by atoms with Gasteiger partial charge in [-0.25, -0.2) is 0 Å². The van der Waals surface area contributed by atoms with Crippen LogP contribution >= 0.6 is 11.8 Å². The fourth-order valence-corrected chi connectivity index (χ4v) is 2.27. The van der Waals surface area contributed by atoms with Crippen LogP contribution in [-0.4, -0.2) is 15.7 Å². The Hall–Kier alpha value is -1.49. The summed E-state index contributed by atoms with van der Waals surface area (Å²) in [5.74, 6) is -0.309. The van der Waals surface area contributed by atoms with Crippen molar-refractivity contribution in [2.24, 2.45) is 7.05 Å². The molecule has 0 aliphatic carbocycles. The summed E-state index contributed by atoms with van der Waals surface area (Å²) in [7, 11) is 1.97. The first-order valence-corrected chi connectivity index (χ1v) is 5.68. The Morgan fingerprint density at radius 1 is 1.38 bits per heavy atom. The molecule has 2 heterocycles. The molecule has 2 amide bonds. The summed E-state index contributed by atoms with van der Waals surface area (Å²) >= 11 is 0.945. The number of aromatic nitrogens is 1. The van der Waals surface area contributed by atoms with E-state index < -0.39 is 0 Å². The molecule has 1 aliphatic rings. The third-order valence-corrected chi connectivity index (χ3v) is 3.55. The van der Waals surface area contributed by atoms with Crippen LogP contribution in [0, 0.1) is 13.8 Å². The second-order valence-electron chi connectivity index (χ2n) is 3.74. The Morgan fingerprint density at radius 2 is 2.06 bits per heavy atom. The van der Waals surface area contributed by atoms with Gasteiger partial charge >= 0.3 is 0 Å². The maximum atomic E-state index is 11.4. The Morgan fingerprint density at radius 3 is 2.50 bits per heavy atom. The average Bonchev–Trinajstić information content (AvgIpc) is 2.64. The van der Waals surface area contributed by atoms with Gasteiger partial charge in [-0.3, -0.25) is 14.9 Å². The van der Waals surface area contributed by atoms with E-state index in [-0.39, 0.29) is 11.1 Å². The van der Waals surface area contributed by atoms with Gasteiger partial charge in [-0.1, -0.05) is 0 Å². The lowest BCUT2D eigenvalue weighted by molar-refractivity contribution is -0.115. The highest BCUT2D eigenvalue weighted by atomic mass is 32.2. The largest absolute Gasteiger partial charge is 0.352 e. The number of rotatable bonds is 1. The summed E-state index contributed by atoms with van der Waals surface area (Å²) in [6.07, 6.45) is 1.76. The average molecular weight is 236 g/mol. The minimum absolute atomic E-state index is 0.304. The van der Waals surface area contributed by atoms with Crippen molar-refractivity contribution in [3.8, 4) is 0 Å². The topological polar surface area (TPSA) is 51.1 Å². The number of hydrogen-bond donors (Lipinski definition) is 1. The second kappa shape index (κ2) is 3.83. The minimum Gasteiger partial charge on any atom is -0.352 e. The van der Waals surface area contributed by atoms with Crippen molar-refractivity contribution in [3.05, 3.63) is 27.9 Å². The third-order valence-electron chi connectivity index (χ3n) is 2.74. The van der Waals surface area contributed by atoms with Gasteiger partial charge in [0.1, 0.15) is 0 Å². The third kappa shape index (κ3) is 1.78. The zero-order valence-corrected chi connectivity index (χ0v) is 10.1. The molecule has 0 radical (unpaired) electrons. The van der Waals surface area contributed by atoms with Crippen molar-refractivity contribution < 1.29 is 9.59 Å². The fraction of sp³-hybridized carbons (Fsp3) is 0.273. The highest BCUT2D eigenvalue weighted by Gasteiger charge is 2.25. The van der Waals surface area contributed by atoms with E-state index in [1.54, 1.807) is 6.08 Å². The zero-order valence-electron chi connectivity index (χ0n) is 9.33. The first kappa shape index (κ1) is 11.0. The van der Waals surface area contributed by atoms with Gasteiger partial charge in [-0.15, -0.1) is 0 Å². The number of carbonyl (C=O) groups excluding carboxylic acids is 2. The molecule has 4 nitrogen and oxygen atoms in total. The van der Waals surface area contributed by atoms with Crippen molar-refractivity contribution in [2.75, 3.05) is 0 Å². The maximum absolute atomic E-state index is 11.4. The van der Waals surface area contributed by atoms with Gasteiger partial charge in [0.15, 0.2) is 0 Å². The van der Waals surface area contributed by atoms with Gasteiger partial charge in [-0.05, 0) is 43.3 Å². The van der Waals surface area contributed by atoms with Crippen molar-refractivity contribution in [1.82, 2.24) is 9.88 Å². The molecule has 1 aromatic heterocycles. The number of nitrogens with one attached hydrogen (secondary N) is 1. The van der Waals surface area contributed by atoms with Crippen LogP contribution in [-0.2, 0) is 11.8 Å². The van der Waals surface area contributed by atoms with Crippen molar-refractivity contribution in [2.45, 2.75) is 13.8 Å². The van der Waals surface area contributed by atoms with E-state index in [9.17, 15) is 9.59 Å². The Balaban J connectivity index is 2.40. The molecule has 1 saturated heterocycles. The minimum atomic E-state index is -0.309. The summed E-state index contributed by atoms with van der Waals surface area (Å²) in [6.45, 7) is 3.99. The number of imide groups is 1. The van der Waals surface area contributed by atoms with Gasteiger partial charge in [0, 0.05) is 18.4 Å². The highest BCUT2D eigenvalue weighted by molar-refractivity contribution is 8.18. The molecule has 0 spiro atoms. The first-order chi connectivity index (χ1) is 7.49. The summed E-state index contributed by atoms with van der Waals surface area (Å²) in [6, 6.07) is 2.00. The lowest BCUT2D eigenvalue weighted by Crippen LogP contribution is -2.17. The zero-order chi connectivity index (χ0) is 11.9. The fourth-order valence-electron chi connectivity index (χ4n) is 1.59. The molecular weight excluding hydrogens is 224 g/mol. The van der Waals surface area contributed by atoms with E-state index in [1.807, 2.05) is 31.5 Å². The summed E-state index contributed by atoms with van der Waals surface area (Å²) < 4.78 is 2.05. The van der Waals surface area contributed by atoms with Crippen LogP contribution in [0.25, 0.3) is 6.08 Å². The predicted octanol–water partition coefficient (Wildman–Crippen LogP) is 1.97. The predicted molar refractivity (Wildman–Crippen MR) is 64.0 cm³/mol. The lowest BCUT2D eigenvalue weighted by Gasteiger charge is -1.99. The second-order valence-corrected chi connectivity index (χ2v) is 4.75.